The van der Waals surface area contributed by atoms with E-state index in [1.165, 1.54) is 24.9 Å². The summed E-state index contributed by atoms with van der Waals surface area (Å²) in [5.41, 5.74) is 2.42. The molecule has 1 aromatic heterocycles. The van der Waals surface area contributed by atoms with E-state index in [2.05, 4.69) is 29.8 Å². The van der Waals surface area contributed by atoms with Gasteiger partial charge in [-0.05, 0) is 43.7 Å². The smallest absolute Gasteiger partial charge is 0.0931 e. The molecule has 1 aliphatic heterocycles. The maximum absolute atomic E-state index is 9.46. The lowest BCUT2D eigenvalue weighted by atomic mass is 9.82. The van der Waals surface area contributed by atoms with Gasteiger partial charge < -0.3 is 10.0 Å². The monoisotopic (exact) mass is 248 g/mol. The second-order valence-electron chi connectivity index (χ2n) is 5.50. The average molecular weight is 248 g/mol. The fraction of sp³-hybridized carbons (Fsp3) is 0.667. The van der Waals surface area contributed by atoms with Gasteiger partial charge in [-0.1, -0.05) is 13.8 Å². The molecule has 100 valence electrons. The number of aliphatic hydroxyl groups is 1. The number of anilines is 1. The molecule has 1 atom stereocenters. The first-order chi connectivity index (χ1) is 8.60. The Labute approximate surface area is 110 Å². The largest absolute Gasteiger partial charge is 0.387 e. The maximum Gasteiger partial charge on any atom is 0.0931 e. The number of hydrogen-bond acceptors (Lipinski definition) is 3. The summed E-state index contributed by atoms with van der Waals surface area (Å²) in [6.45, 7) is 8.59. The minimum absolute atomic E-state index is 0.483. The number of rotatable bonds is 4. The van der Waals surface area contributed by atoms with Crippen molar-refractivity contribution >= 4 is 5.69 Å². The highest BCUT2D eigenvalue weighted by Crippen LogP contribution is 2.38. The molecule has 0 bridgehead atoms. The predicted molar refractivity (Wildman–Crippen MR) is 74.7 cm³/mol. The van der Waals surface area contributed by atoms with E-state index in [0.717, 1.165) is 18.8 Å². The Morgan fingerprint density at radius 2 is 2.11 bits per heavy atom. The summed E-state index contributed by atoms with van der Waals surface area (Å²) in [6.07, 6.45) is 5.18. The fourth-order valence-electron chi connectivity index (χ4n) is 2.81. The zero-order chi connectivity index (χ0) is 13.2. The summed E-state index contributed by atoms with van der Waals surface area (Å²) in [5, 5.41) is 9.46. The molecule has 0 radical (unpaired) electrons. The van der Waals surface area contributed by atoms with E-state index < -0.39 is 6.10 Å². The Kier molecular flexibility index (Phi) is 3.91. The Hall–Kier alpha value is -1.09. The number of hydrogen-bond donors (Lipinski definition) is 1. The SMILES string of the molecule is CCC1(CC)CCN(c2ccc([C@@H](C)O)nc2)C1. The summed E-state index contributed by atoms with van der Waals surface area (Å²) in [7, 11) is 0. The van der Waals surface area contributed by atoms with Gasteiger partial charge in [-0.25, -0.2) is 0 Å². The van der Waals surface area contributed by atoms with Gasteiger partial charge in [0.2, 0.25) is 0 Å². The quantitative estimate of drug-likeness (QED) is 0.889. The molecule has 1 fully saturated rings. The van der Waals surface area contributed by atoms with Crippen LogP contribution in [0.2, 0.25) is 0 Å². The molecule has 1 aromatic rings. The highest BCUT2D eigenvalue weighted by atomic mass is 16.3. The zero-order valence-corrected chi connectivity index (χ0v) is 11.7. The molecule has 3 nitrogen and oxygen atoms in total. The van der Waals surface area contributed by atoms with Crippen LogP contribution in [-0.4, -0.2) is 23.2 Å². The van der Waals surface area contributed by atoms with Crippen LogP contribution in [0.25, 0.3) is 0 Å². The third kappa shape index (κ3) is 2.51. The van der Waals surface area contributed by atoms with E-state index in [-0.39, 0.29) is 0 Å². The van der Waals surface area contributed by atoms with Crippen molar-refractivity contribution in [2.24, 2.45) is 5.41 Å². The molecule has 1 aliphatic rings. The second kappa shape index (κ2) is 5.27. The third-order valence-corrected chi connectivity index (χ3v) is 4.50. The van der Waals surface area contributed by atoms with Crippen LogP contribution in [0.3, 0.4) is 0 Å². The van der Waals surface area contributed by atoms with Gasteiger partial charge in [0.25, 0.3) is 0 Å². The molecule has 0 spiro atoms. The van der Waals surface area contributed by atoms with Gasteiger partial charge in [0.05, 0.1) is 23.7 Å². The Bertz CT molecular complexity index is 382. The molecule has 0 unspecified atom stereocenters. The molecule has 1 N–H and O–H groups in total. The maximum atomic E-state index is 9.46. The number of aromatic nitrogens is 1. The van der Waals surface area contributed by atoms with Crippen molar-refractivity contribution in [3.63, 3.8) is 0 Å². The summed E-state index contributed by atoms with van der Waals surface area (Å²) in [5.74, 6) is 0. The number of aliphatic hydroxyl groups excluding tert-OH is 1. The van der Waals surface area contributed by atoms with Crippen LogP contribution < -0.4 is 4.90 Å². The molecule has 3 heteroatoms. The lowest BCUT2D eigenvalue weighted by molar-refractivity contribution is 0.194. The molecule has 1 saturated heterocycles. The van der Waals surface area contributed by atoms with Gasteiger partial charge in [-0.2, -0.15) is 0 Å². The van der Waals surface area contributed by atoms with E-state index in [0.29, 0.717) is 5.41 Å². The summed E-state index contributed by atoms with van der Waals surface area (Å²) < 4.78 is 0. The van der Waals surface area contributed by atoms with Crippen molar-refractivity contribution in [3.05, 3.63) is 24.0 Å². The molecule has 0 aromatic carbocycles. The van der Waals surface area contributed by atoms with Crippen molar-refractivity contribution in [2.75, 3.05) is 18.0 Å². The normalized spacial score (nSPS) is 20.1. The zero-order valence-electron chi connectivity index (χ0n) is 11.7. The van der Waals surface area contributed by atoms with Crippen LogP contribution in [0.4, 0.5) is 5.69 Å². The Morgan fingerprint density at radius 3 is 2.56 bits per heavy atom. The van der Waals surface area contributed by atoms with E-state index >= 15 is 0 Å². The van der Waals surface area contributed by atoms with E-state index in [4.69, 9.17) is 0 Å². The molecule has 0 aliphatic carbocycles. The van der Waals surface area contributed by atoms with Gasteiger partial charge in [0, 0.05) is 13.1 Å². The van der Waals surface area contributed by atoms with Gasteiger partial charge in [0.15, 0.2) is 0 Å². The van der Waals surface area contributed by atoms with Gasteiger partial charge in [-0.3, -0.25) is 4.98 Å². The van der Waals surface area contributed by atoms with E-state index in [1.807, 2.05) is 12.3 Å². The van der Waals surface area contributed by atoms with Crippen molar-refractivity contribution in [3.8, 4) is 0 Å². The average Bonchev–Trinajstić information content (AvgIpc) is 2.84. The van der Waals surface area contributed by atoms with E-state index in [9.17, 15) is 5.11 Å². The minimum Gasteiger partial charge on any atom is -0.387 e. The summed E-state index contributed by atoms with van der Waals surface area (Å²) >= 11 is 0. The number of nitrogens with zero attached hydrogens (tertiary/aromatic N) is 2. The molecule has 0 amide bonds. The molecular formula is C15H24N2O. The first kappa shape index (κ1) is 13.3. The van der Waals surface area contributed by atoms with Crippen LogP contribution in [0.15, 0.2) is 18.3 Å². The van der Waals surface area contributed by atoms with Gasteiger partial charge in [-0.15, -0.1) is 0 Å². The van der Waals surface area contributed by atoms with Crippen LogP contribution >= 0.6 is 0 Å². The fourth-order valence-corrected chi connectivity index (χ4v) is 2.81. The lowest BCUT2D eigenvalue weighted by Crippen LogP contribution is -2.26. The van der Waals surface area contributed by atoms with Crippen molar-refractivity contribution < 1.29 is 5.11 Å². The van der Waals surface area contributed by atoms with Crippen molar-refractivity contribution in [1.29, 1.82) is 0 Å². The van der Waals surface area contributed by atoms with Crippen molar-refractivity contribution in [2.45, 2.75) is 46.1 Å². The molecule has 18 heavy (non-hydrogen) atoms. The van der Waals surface area contributed by atoms with E-state index in [1.54, 1.807) is 6.92 Å². The first-order valence-corrected chi connectivity index (χ1v) is 6.99. The standard InChI is InChI=1S/C15H24N2O/c1-4-15(5-2)8-9-17(11-15)13-6-7-14(12(3)18)16-10-13/h6-7,10,12,18H,4-5,8-9,11H2,1-3H3/t12-/m1/s1. The highest BCUT2D eigenvalue weighted by molar-refractivity contribution is 5.46. The summed E-state index contributed by atoms with van der Waals surface area (Å²) in [6, 6.07) is 4.01. The van der Waals surface area contributed by atoms with Crippen LogP contribution in [-0.2, 0) is 0 Å². The molecule has 0 saturated carbocycles. The Balaban J connectivity index is 2.09. The second-order valence-corrected chi connectivity index (χ2v) is 5.50. The molecule has 2 rings (SSSR count). The first-order valence-electron chi connectivity index (χ1n) is 6.99. The van der Waals surface area contributed by atoms with Gasteiger partial charge in [0.1, 0.15) is 0 Å². The highest BCUT2D eigenvalue weighted by Gasteiger charge is 2.34. The van der Waals surface area contributed by atoms with Gasteiger partial charge >= 0.3 is 0 Å². The van der Waals surface area contributed by atoms with Crippen LogP contribution in [0, 0.1) is 5.41 Å². The number of pyridine rings is 1. The molecular weight excluding hydrogens is 224 g/mol. The summed E-state index contributed by atoms with van der Waals surface area (Å²) in [4.78, 5) is 6.75. The minimum atomic E-state index is -0.483. The lowest BCUT2D eigenvalue weighted by Gasteiger charge is -2.27. The van der Waals surface area contributed by atoms with Crippen LogP contribution in [0.5, 0.6) is 0 Å². The van der Waals surface area contributed by atoms with Crippen molar-refractivity contribution in [1.82, 2.24) is 4.98 Å². The topological polar surface area (TPSA) is 36.4 Å². The molecule has 2 heterocycles. The Morgan fingerprint density at radius 1 is 1.39 bits per heavy atom. The predicted octanol–water partition coefficient (Wildman–Crippen LogP) is 3.15. The third-order valence-electron chi connectivity index (χ3n) is 4.50. The van der Waals surface area contributed by atoms with Crippen LogP contribution in [0.1, 0.15) is 51.8 Å².